The molecule has 0 aromatic rings. The zero-order chi connectivity index (χ0) is 11.8. The molecule has 3 atom stereocenters. The van der Waals surface area contributed by atoms with Crippen LogP contribution in [0.15, 0.2) is 12.2 Å². The molecular weight excluding hydrogens is 187 g/mol. The van der Waals surface area contributed by atoms with E-state index in [1.165, 1.54) is 5.57 Å². The monoisotopic (exact) mass is 211 g/mol. The molecule has 1 radical (unpaired) electrons. The van der Waals surface area contributed by atoms with Crippen molar-refractivity contribution in [3.05, 3.63) is 12.2 Å². The van der Waals surface area contributed by atoms with Crippen molar-refractivity contribution in [1.82, 2.24) is 0 Å². The summed E-state index contributed by atoms with van der Waals surface area (Å²) in [6.45, 7) is 12.6. The molecule has 15 heavy (non-hydrogen) atoms. The molecule has 0 bridgehead atoms. The Labute approximate surface area is 95.0 Å². The van der Waals surface area contributed by atoms with E-state index < -0.39 is 0 Å². The molecule has 0 heterocycles. The third kappa shape index (κ3) is 5.38. The molecule has 0 spiro atoms. The molecule has 0 aliphatic heterocycles. The molecule has 1 N–H and O–H groups in total. The SMILES string of the molecule is C=C(CC)C(C)CC(C)C(CC)O[B]O. The first-order valence-electron chi connectivity index (χ1n) is 5.85. The van der Waals surface area contributed by atoms with E-state index in [-0.39, 0.29) is 6.10 Å². The summed E-state index contributed by atoms with van der Waals surface area (Å²) in [4.78, 5) is 0. The molecule has 0 amide bonds. The second-order valence-electron chi connectivity index (χ2n) is 4.31. The zero-order valence-corrected chi connectivity index (χ0v) is 10.5. The zero-order valence-electron chi connectivity index (χ0n) is 10.5. The van der Waals surface area contributed by atoms with E-state index in [0.29, 0.717) is 11.8 Å². The van der Waals surface area contributed by atoms with Crippen LogP contribution in [0.2, 0.25) is 0 Å². The van der Waals surface area contributed by atoms with Crippen LogP contribution in [0, 0.1) is 11.8 Å². The molecule has 0 aromatic carbocycles. The average Bonchev–Trinajstić information content (AvgIpc) is 2.24. The molecule has 0 fully saturated rings. The molecule has 0 aromatic heterocycles. The smallest absolute Gasteiger partial charge is 0.429 e. The van der Waals surface area contributed by atoms with Gasteiger partial charge in [0.05, 0.1) is 0 Å². The lowest BCUT2D eigenvalue weighted by Gasteiger charge is -2.25. The van der Waals surface area contributed by atoms with E-state index in [0.717, 1.165) is 26.9 Å². The fourth-order valence-corrected chi connectivity index (χ4v) is 1.94. The normalized spacial score (nSPS) is 16.9. The molecule has 87 valence electrons. The highest BCUT2D eigenvalue weighted by Gasteiger charge is 2.19. The number of rotatable bonds is 8. The lowest BCUT2D eigenvalue weighted by Crippen LogP contribution is -2.24. The van der Waals surface area contributed by atoms with Gasteiger partial charge in [0.1, 0.15) is 0 Å². The maximum absolute atomic E-state index is 8.64. The summed E-state index contributed by atoms with van der Waals surface area (Å²) in [7, 11) is 0.809. The van der Waals surface area contributed by atoms with Gasteiger partial charge in [-0.1, -0.05) is 39.8 Å². The third-order valence-electron chi connectivity index (χ3n) is 3.15. The Hall–Kier alpha value is -0.275. The van der Waals surface area contributed by atoms with Crippen LogP contribution in [-0.2, 0) is 4.65 Å². The first-order valence-corrected chi connectivity index (χ1v) is 5.85. The van der Waals surface area contributed by atoms with Gasteiger partial charge < -0.3 is 9.68 Å². The van der Waals surface area contributed by atoms with Crippen LogP contribution in [0.1, 0.15) is 47.0 Å². The standard InChI is InChI=1S/C12H24BO2/c1-6-9(3)10(4)8-11(5)12(7-2)15-13-14/h10-12,14H,3,6-8H2,1-2,4-5H3. The van der Waals surface area contributed by atoms with Crippen LogP contribution in [0.3, 0.4) is 0 Å². The summed E-state index contributed by atoms with van der Waals surface area (Å²) in [5.74, 6) is 0.970. The van der Waals surface area contributed by atoms with E-state index in [4.69, 9.17) is 9.68 Å². The molecule has 3 unspecified atom stereocenters. The molecule has 3 heteroatoms. The average molecular weight is 211 g/mol. The van der Waals surface area contributed by atoms with Gasteiger partial charge in [0, 0.05) is 6.10 Å². The van der Waals surface area contributed by atoms with Gasteiger partial charge in [-0.2, -0.15) is 0 Å². The second kappa shape index (κ2) is 7.94. The molecule has 0 rings (SSSR count). The van der Waals surface area contributed by atoms with Crippen LogP contribution in [0.5, 0.6) is 0 Å². The Morgan fingerprint density at radius 2 is 2.00 bits per heavy atom. The highest BCUT2D eigenvalue weighted by Crippen LogP contribution is 2.24. The predicted molar refractivity (Wildman–Crippen MR) is 65.5 cm³/mol. The number of hydrogen-bond donors (Lipinski definition) is 1. The van der Waals surface area contributed by atoms with Crippen LogP contribution in [-0.4, -0.2) is 18.8 Å². The summed E-state index contributed by atoms with van der Waals surface area (Å²) in [5.41, 5.74) is 1.30. The highest BCUT2D eigenvalue weighted by atomic mass is 16.5. The molecule has 2 nitrogen and oxygen atoms in total. The van der Waals surface area contributed by atoms with Crippen LogP contribution >= 0.6 is 0 Å². The van der Waals surface area contributed by atoms with Crippen molar-refractivity contribution in [2.45, 2.75) is 53.1 Å². The van der Waals surface area contributed by atoms with Gasteiger partial charge in [-0.25, -0.2) is 0 Å². The maximum Gasteiger partial charge on any atom is 0.485 e. The van der Waals surface area contributed by atoms with E-state index in [1.807, 2.05) is 0 Å². The van der Waals surface area contributed by atoms with Gasteiger partial charge in [0.15, 0.2) is 0 Å². The minimum atomic E-state index is 0.113. The molecule has 0 aliphatic carbocycles. The van der Waals surface area contributed by atoms with Crippen molar-refractivity contribution in [2.75, 3.05) is 0 Å². The van der Waals surface area contributed by atoms with Crippen molar-refractivity contribution in [3.63, 3.8) is 0 Å². The fourth-order valence-electron chi connectivity index (χ4n) is 1.94. The minimum Gasteiger partial charge on any atom is -0.429 e. The molecular formula is C12H24BO2. The van der Waals surface area contributed by atoms with Crippen LogP contribution in [0.4, 0.5) is 0 Å². The fraction of sp³-hybridized carbons (Fsp3) is 0.833. The van der Waals surface area contributed by atoms with Gasteiger partial charge in [0.25, 0.3) is 0 Å². The third-order valence-corrected chi connectivity index (χ3v) is 3.15. The van der Waals surface area contributed by atoms with E-state index >= 15 is 0 Å². The summed E-state index contributed by atoms with van der Waals surface area (Å²) < 4.78 is 5.17. The summed E-state index contributed by atoms with van der Waals surface area (Å²) in [6, 6.07) is 0. The van der Waals surface area contributed by atoms with E-state index in [2.05, 4.69) is 34.3 Å². The maximum atomic E-state index is 8.64. The van der Waals surface area contributed by atoms with E-state index in [9.17, 15) is 0 Å². The lowest BCUT2D eigenvalue weighted by atomic mass is 9.86. The van der Waals surface area contributed by atoms with Crippen LogP contribution in [0.25, 0.3) is 0 Å². The van der Waals surface area contributed by atoms with Crippen molar-refractivity contribution < 1.29 is 9.68 Å². The van der Waals surface area contributed by atoms with Gasteiger partial charge in [0.2, 0.25) is 0 Å². The quantitative estimate of drug-likeness (QED) is 0.494. The van der Waals surface area contributed by atoms with Crippen molar-refractivity contribution in [2.24, 2.45) is 11.8 Å². The molecule has 0 saturated heterocycles. The van der Waals surface area contributed by atoms with Gasteiger partial charge >= 0.3 is 7.69 Å². The largest absolute Gasteiger partial charge is 0.485 e. The predicted octanol–water partition coefficient (Wildman–Crippen LogP) is 2.94. The highest BCUT2D eigenvalue weighted by molar-refractivity contribution is 6.15. The minimum absolute atomic E-state index is 0.113. The van der Waals surface area contributed by atoms with Gasteiger partial charge in [-0.05, 0) is 31.1 Å². The Kier molecular flexibility index (Phi) is 7.80. The lowest BCUT2D eigenvalue weighted by molar-refractivity contribution is 0.114. The Morgan fingerprint density at radius 1 is 1.40 bits per heavy atom. The van der Waals surface area contributed by atoms with Crippen LogP contribution < -0.4 is 0 Å². The first-order chi connectivity index (χ1) is 7.06. The van der Waals surface area contributed by atoms with Crippen molar-refractivity contribution in [1.29, 1.82) is 0 Å². The molecule has 0 aliphatic rings. The Balaban J connectivity index is 4.08. The summed E-state index contributed by atoms with van der Waals surface area (Å²) in [5, 5.41) is 8.64. The Bertz CT molecular complexity index is 182. The number of allylic oxidation sites excluding steroid dienone is 1. The molecule has 0 saturated carbocycles. The second-order valence-corrected chi connectivity index (χ2v) is 4.31. The van der Waals surface area contributed by atoms with Crippen molar-refractivity contribution in [3.8, 4) is 0 Å². The number of hydrogen-bond acceptors (Lipinski definition) is 2. The summed E-state index contributed by atoms with van der Waals surface area (Å²) in [6.07, 6.45) is 3.14. The van der Waals surface area contributed by atoms with Crippen molar-refractivity contribution >= 4 is 7.69 Å². The van der Waals surface area contributed by atoms with Gasteiger partial charge in [-0.15, -0.1) is 0 Å². The topological polar surface area (TPSA) is 29.5 Å². The van der Waals surface area contributed by atoms with E-state index in [1.54, 1.807) is 0 Å². The Morgan fingerprint density at radius 3 is 2.40 bits per heavy atom. The summed E-state index contributed by atoms with van der Waals surface area (Å²) >= 11 is 0. The first kappa shape index (κ1) is 14.7. The van der Waals surface area contributed by atoms with Gasteiger partial charge in [-0.3, -0.25) is 0 Å².